The Hall–Kier alpha value is -2.08. The quantitative estimate of drug-likeness (QED) is 0.628. The van der Waals surface area contributed by atoms with Gasteiger partial charge in [-0.15, -0.1) is 6.58 Å². The van der Waals surface area contributed by atoms with Gasteiger partial charge in [-0.1, -0.05) is 67.3 Å². The minimum Gasteiger partial charge on any atom is -0.102 e. The fourth-order valence-corrected chi connectivity index (χ4v) is 2.81. The highest BCUT2D eigenvalue weighted by atomic mass is 14.4. The Morgan fingerprint density at radius 1 is 1.30 bits per heavy atom. The molecular weight excluding hydrogens is 240 g/mol. The van der Waals surface area contributed by atoms with Gasteiger partial charge in [0, 0.05) is 5.41 Å². The molecule has 0 nitrogen and oxygen atoms in total. The summed E-state index contributed by atoms with van der Waals surface area (Å²) in [6.07, 6.45) is 9.36. The summed E-state index contributed by atoms with van der Waals surface area (Å²) in [5, 5.41) is 0. The van der Waals surface area contributed by atoms with Crippen molar-refractivity contribution in [2.24, 2.45) is 5.41 Å². The van der Waals surface area contributed by atoms with Gasteiger partial charge in [-0.05, 0) is 42.5 Å². The Kier molecular flexibility index (Phi) is 3.94. The highest BCUT2D eigenvalue weighted by Gasteiger charge is 2.33. The van der Waals surface area contributed by atoms with E-state index in [1.165, 1.54) is 16.7 Å². The van der Waals surface area contributed by atoms with Crippen LogP contribution in [0, 0.1) is 5.41 Å². The van der Waals surface area contributed by atoms with E-state index >= 15 is 0 Å². The maximum absolute atomic E-state index is 4.28. The van der Waals surface area contributed by atoms with Gasteiger partial charge in [0.1, 0.15) is 0 Å². The molecule has 0 saturated carbocycles. The molecule has 0 bridgehead atoms. The first-order valence-corrected chi connectivity index (χ1v) is 6.97. The van der Waals surface area contributed by atoms with Crippen LogP contribution >= 0.6 is 0 Å². The Balaban J connectivity index is 2.43. The third-order valence-corrected chi connectivity index (χ3v) is 4.11. The van der Waals surface area contributed by atoms with Crippen molar-refractivity contribution in [1.29, 1.82) is 0 Å². The first kappa shape index (κ1) is 14.3. The van der Waals surface area contributed by atoms with E-state index in [4.69, 9.17) is 0 Å². The van der Waals surface area contributed by atoms with E-state index < -0.39 is 0 Å². The molecule has 0 aromatic heterocycles. The third kappa shape index (κ3) is 2.34. The molecule has 0 radical (unpaired) electrons. The molecule has 1 unspecified atom stereocenters. The minimum atomic E-state index is -0.173. The molecule has 102 valence electrons. The van der Waals surface area contributed by atoms with Gasteiger partial charge >= 0.3 is 0 Å². The summed E-state index contributed by atoms with van der Waals surface area (Å²) in [6, 6.07) is 8.44. The lowest BCUT2D eigenvalue weighted by molar-refractivity contribution is 0.609. The number of rotatable bonds is 4. The Bertz CT molecular complexity index is 625. The van der Waals surface area contributed by atoms with E-state index in [0.717, 1.165) is 17.6 Å². The molecule has 0 saturated heterocycles. The molecular formula is C20H22. The summed E-state index contributed by atoms with van der Waals surface area (Å²) < 4.78 is 0. The molecule has 1 aromatic rings. The average molecular weight is 262 g/mol. The zero-order valence-electron chi connectivity index (χ0n) is 12.4. The molecule has 0 N–H and O–H groups in total. The standard InChI is InChI=1S/C20H22/c1-6-17-12-13-20(7-2,16(17)5)14-18-10-8-9-11-19(18)15(3)4/h6-13H,2-3,5,14H2,1,4H3/b17-6-. The van der Waals surface area contributed by atoms with Crippen molar-refractivity contribution in [2.45, 2.75) is 20.3 Å². The molecule has 1 aliphatic rings. The maximum Gasteiger partial charge on any atom is 0.0353 e. The van der Waals surface area contributed by atoms with E-state index in [0.29, 0.717) is 0 Å². The molecule has 1 aliphatic carbocycles. The SMILES string of the molecule is C=CC1(Cc2ccccc2C(=C)C)C=C/C(=C/C)C1=C. The molecule has 0 heterocycles. The Morgan fingerprint density at radius 3 is 2.55 bits per heavy atom. The summed E-state index contributed by atoms with van der Waals surface area (Å²) in [4.78, 5) is 0. The van der Waals surface area contributed by atoms with Gasteiger partial charge in [-0.2, -0.15) is 0 Å². The molecule has 0 amide bonds. The summed E-state index contributed by atoms with van der Waals surface area (Å²) in [5.41, 5.74) is 5.78. The number of hydrogen-bond donors (Lipinski definition) is 0. The predicted octanol–water partition coefficient (Wildman–Crippen LogP) is 5.51. The van der Waals surface area contributed by atoms with Crippen LogP contribution in [0.4, 0.5) is 0 Å². The van der Waals surface area contributed by atoms with Gasteiger partial charge in [0.05, 0.1) is 0 Å². The second-order valence-corrected chi connectivity index (χ2v) is 5.41. The number of hydrogen-bond acceptors (Lipinski definition) is 0. The zero-order chi connectivity index (χ0) is 14.8. The van der Waals surface area contributed by atoms with Crippen molar-refractivity contribution in [1.82, 2.24) is 0 Å². The van der Waals surface area contributed by atoms with Crippen LogP contribution in [-0.4, -0.2) is 0 Å². The lowest BCUT2D eigenvalue weighted by Gasteiger charge is -2.27. The van der Waals surface area contributed by atoms with Crippen molar-refractivity contribution in [3.05, 3.63) is 90.6 Å². The van der Waals surface area contributed by atoms with Gasteiger partial charge in [-0.25, -0.2) is 0 Å². The van der Waals surface area contributed by atoms with Gasteiger partial charge in [0.15, 0.2) is 0 Å². The maximum atomic E-state index is 4.28. The van der Waals surface area contributed by atoms with Crippen LogP contribution in [0.2, 0.25) is 0 Å². The van der Waals surface area contributed by atoms with Gasteiger partial charge in [0.2, 0.25) is 0 Å². The first-order valence-electron chi connectivity index (χ1n) is 6.97. The van der Waals surface area contributed by atoms with Crippen LogP contribution in [-0.2, 0) is 6.42 Å². The smallest absolute Gasteiger partial charge is 0.0353 e. The van der Waals surface area contributed by atoms with E-state index in [-0.39, 0.29) is 5.41 Å². The molecule has 0 aliphatic heterocycles. The molecule has 0 spiro atoms. The second-order valence-electron chi connectivity index (χ2n) is 5.41. The van der Waals surface area contributed by atoms with Crippen molar-refractivity contribution in [3.63, 3.8) is 0 Å². The van der Waals surface area contributed by atoms with Gasteiger partial charge in [0.25, 0.3) is 0 Å². The normalized spacial score (nSPS) is 23.3. The topological polar surface area (TPSA) is 0 Å². The average Bonchev–Trinajstić information content (AvgIpc) is 2.76. The predicted molar refractivity (Wildman–Crippen MR) is 89.5 cm³/mol. The molecule has 0 fully saturated rings. The lowest BCUT2D eigenvalue weighted by Crippen LogP contribution is -2.18. The molecule has 1 atom stereocenters. The zero-order valence-corrected chi connectivity index (χ0v) is 12.4. The fraction of sp³-hybridized carbons (Fsp3) is 0.200. The van der Waals surface area contributed by atoms with Crippen molar-refractivity contribution in [3.8, 4) is 0 Å². The minimum absolute atomic E-state index is 0.173. The second kappa shape index (κ2) is 5.50. The van der Waals surface area contributed by atoms with Gasteiger partial charge < -0.3 is 0 Å². The fourth-order valence-electron chi connectivity index (χ4n) is 2.81. The highest BCUT2D eigenvalue weighted by molar-refractivity contribution is 5.65. The van der Waals surface area contributed by atoms with Crippen LogP contribution in [0.15, 0.2) is 79.5 Å². The first-order chi connectivity index (χ1) is 9.54. The molecule has 1 aromatic carbocycles. The highest BCUT2D eigenvalue weighted by Crippen LogP contribution is 2.44. The number of allylic oxidation sites excluding steroid dienone is 7. The number of benzene rings is 1. The summed E-state index contributed by atoms with van der Waals surface area (Å²) in [7, 11) is 0. The van der Waals surface area contributed by atoms with Crippen molar-refractivity contribution >= 4 is 5.57 Å². The van der Waals surface area contributed by atoms with Crippen LogP contribution in [0.1, 0.15) is 25.0 Å². The summed E-state index contributed by atoms with van der Waals surface area (Å²) in [5.74, 6) is 0. The molecule has 0 heteroatoms. The summed E-state index contributed by atoms with van der Waals surface area (Å²) >= 11 is 0. The largest absolute Gasteiger partial charge is 0.102 e. The van der Waals surface area contributed by atoms with E-state index in [2.05, 4.69) is 69.2 Å². The molecule has 20 heavy (non-hydrogen) atoms. The van der Waals surface area contributed by atoms with Crippen LogP contribution in [0.5, 0.6) is 0 Å². The van der Waals surface area contributed by atoms with Crippen molar-refractivity contribution < 1.29 is 0 Å². The van der Waals surface area contributed by atoms with Crippen molar-refractivity contribution in [2.75, 3.05) is 0 Å². The van der Waals surface area contributed by atoms with Crippen LogP contribution in [0.25, 0.3) is 5.57 Å². The van der Waals surface area contributed by atoms with E-state index in [9.17, 15) is 0 Å². The van der Waals surface area contributed by atoms with Crippen LogP contribution in [0.3, 0.4) is 0 Å². The van der Waals surface area contributed by atoms with Gasteiger partial charge in [-0.3, -0.25) is 0 Å². The summed E-state index contributed by atoms with van der Waals surface area (Å²) in [6.45, 7) is 16.5. The Morgan fingerprint density at radius 2 is 2.00 bits per heavy atom. The Labute approximate surface area is 122 Å². The van der Waals surface area contributed by atoms with E-state index in [1.807, 2.05) is 13.0 Å². The molecule has 2 rings (SSSR count). The van der Waals surface area contributed by atoms with E-state index in [1.54, 1.807) is 0 Å². The third-order valence-electron chi connectivity index (χ3n) is 4.11. The van der Waals surface area contributed by atoms with Crippen LogP contribution < -0.4 is 0 Å². The monoisotopic (exact) mass is 262 g/mol. The lowest BCUT2D eigenvalue weighted by atomic mass is 9.76.